The minimum absolute atomic E-state index is 0.540. The van der Waals surface area contributed by atoms with Crippen molar-refractivity contribution in [1.29, 1.82) is 0 Å². The molecule has 3 saturated carbocycles. The lowest BCUT2D eigenvalue weighted by Crippen LogP contribution is -2.03. The van der Waals surface area contributed by atoms with Crippen LogP contribution in [0.25, 0.3) is 0 Å². The summed E-state index contributed by atoms with van der Waals surface area (Å²) in [5.41, 5.74) is 0.540. The third kappa shape index (κ3) is 7.26. The minimum atomic E-state index is 0.540. The van der Waals surface area contributed by atoms with E-state index in [9.17, 15) is 0 Å². The number of hydrogen-bond acceptors (Lipinski definition) is 0. The molecule has 6 atom stereocenters. The molecule has 3 aliphatic rings. The lowest BCUT2D eigenvalue weighted by molar-refractivity contribution is 0.356. The molecule has 6 unspecified atom stereocenters. The molecule has 0 aromatic rings. The maximum atomic E-state index is 2.38. The van der Waals surface area contributed by atoms with Gasteiger partial charge in [0.25, 0.3) is 0 Å². The second kappa shape index (κ2) is 8.79. The van der Waals surface area contributed by atoms with Crippen LogP contribution in [0.1, 0.15) is 118 Å². The average Bonchev–Trinajstić information content (AvgIpc) is 3.43. The van der Waals surface area contributed by atoms with E-state index in [1.165, 1.54) is 51.4 Å². The van der Waals surface area contributed by atoms with Gasteiger partial charge in [0.1, 0.15) is 0 Å². The van der Waals surface area contributed by atoms with Crippen LogP contribution in [0.15, 0.2) is 0 Å². The highest BCUT2D eigenvalue weighted by Crippen LogP contribution is 2.58. The van der Waals surface area contributed by atoms with Gasteiger partial charge in [0.05, 0.1) is 0 Å². The molecule has 0 aromatic carbocycles. The molecule has 0 saturated heterocycles. The summed E-state index contributed by atoms with van der Waals surface area (Å²) in [5.74, 6) is 6.91. The van der Waals surface area contributed by atoms with Gasteiger partial charge in [0.2, 0.25) is 0 Å². The van der Waals surface area contributed by atoms with Crippen LogP contribution in [0, 0.1) is 40.9 Å². The highest BCUT2D eigenvalue weighted by Gasteiger charge is 2.48. The zero-order valence-electron chi connectivity index (χ0n) is 17.9. The Bertz CT molecular complexity index is 389. The maximum absolute atomic E-state index is 2.38. The van der Waals surface area contributed by atoms with Crippen molar-refractivity contribution >= 4 is 0 Å². The van der Waals surface area contributed by atoms with E-state index in [-0.39, 0.29) is 0 Å². The van der Waals surface area contributed by atoms with Gasteiger partial charge in [-0.25, -0.2) is 0 Å². The predicted octanol–water partition coefficient (Wildman–Crippen LogP) is 8.25. The molecule has 3 rings (SSSR count). The van der Waals surface area contributed by atoms with E-state index in [1.807, 2.05) is 0 Å². The number of hydrogen-bond donors (Lipinski definition) is 0. The molecule has 0 heterocycles. The summed E-state index contributed by atoms with van der Waals surface area (Å²) in [4.78, 5) is 0. The van der Waals surface area contributed by atoms with E-state index < -0.39 is 0 Å². The van der Waals surface area contributed by atoms with Crippen molar-refractivity contribution in [3.05, 3.63) is 0 Å². The van der Waals surface area contributed by atoms with E-state index in [4.69, 9.17) is 0 Å². The smallest absolute Gasteiger partial charge is 0.0380 e. The zero-order valence-corrected chi connectivity index (χ0v) is 17.9. The summed E-state index contributed by atoms with van der Waals surface area (Å²) < 4.78 is 0. The quantitative estimate of drug-likeness (QED) is 0.294. The Morgan fingerprint density at radius 2 is 1.08 bits per heavy atom. The van der Waals surface area contributed by atoms with Gasteiger partial charge >= 0.3 is 0 Å². The highest BCUT2D eigenvalue weighted by atomic mass is 14.5. The van der Waals surface area contributed by atoms with Crippen molar-refractivity contribution in [1.82, 2.24) is 0 Å². The third-order valence-corrected chi connectivity index (χ3v) is 7.69. The average molecular weight is 347 g/mol. The summed E-state index contributed by atoms with van der Waals surface area (Å²) in [5, 5.41) is 0. The van der Waals surface area contributed by atoms with Gasteiger partial charge in [-0.3, -0.25) is 0 Å². The van der Waals surface area contributed by atoms with Crippen LogP contribution < -0.4 is 0 Å². The van der Waals surface area contributed by atoms with Gasteiger partial charge in [-0.2, -0.15) is 0 Å². The van der Waals surface area contributed by atoms with Gasteiger partial charge in [0, 0.05) is 0 Å². The Morgan fingerprint density at radius 3 is 1.68 bits per heavy atom. The predicted molar refractivity (Wildman–Crippen MR) is 111 cm³/mol. The molecule has 0 bridgehead atoms. The molecular weight excluding hydrogens is 300 g/mol. The Balaban J connectivity index is 1.10. The normalized spacial score (nSPS) is 36.5. The van der Waals surface area contributed by atoms with Crippen molar-refractivity contribution in [2.24, 2.45) is 40.9 Å². The minimum Gasteiger partial charge on any atom is -0.0651 e. The number of rotatable bonds is 13. The maximum Gasteiger partial charge on any atom is -0.0380 e. The van der Waals surface area contributed by atoms with E-state index in [0.717, 1.165) is 35.5 Å². The Morgan fingerprint density at radius 1 is 0.600 bits per heavy atom. The van der Waals surface area contributed by atoms with Gasteiger partial charge in [-0.05, 0) is 79.4 Å². The first kappa shape index (κ1) is 19.8. The summed E-state index contributed by atoms with van der Waals surface area (Å²) in [7, 11) is 0. The summed E-state index contributed by atoms with van der Waals surface area (Å²) in [6.07, 6.45) is 21.3. The zero-order chi connectivity index (χ0) is 17.9. The first-order valence-electron chi connectivity index (χ1n) is 12.0. The van der Waals surface area contributed by atoms with Crippen molar-refractivity contribution in [3.8, 4) is 0 Å². The van der Waals surface area contributed by atoms with Crippen molar-refractivity contribution in [2.75, 3.05) is 0 Å². The molecule has 0 nitrogen and oxygen atoms in total. The fraction of sp³-hybridized carbons (Fsp3) is 1.00. The van der Waals surface area contributed by atoms with Crippen LogP contribution in [0.3, 0.4) is 0 Å². The topological polar surface area (TPSA) is 0 Å². The van der Waals surface area contributed by atoms with Gasteiger partial charge < -0.3 is 0 Å². The van der Waals surface area contributed by atoms with Crippen molar-refractivity contribution < 1.29 is 0 Å². The van der Waals surface area contributed by atoms with Gasteiger partial charge in [-0.15, -0.1) is 0 Å². The van der Waals surface area contributed by atoms with Gasteiger partial charge in [0.15, 0.2) is 0 Å². The molecule has 0 spiro atoms. The van der Waals surface area contributed by atoms with Crippen LogP contribution in [0.5, 0.6) is 0 Å². The fourth-order valence-electron chi connectivity index (χ4n) is 5.49. The van der Waals surface area contributed by atoms with Crippen LogP contribution >= 0.6 is 0 Å². The fourth-order valence-corrected chi connectivity index (χ4v) is 5.49. The highest BCUT2D eigenvalue weighted by molar-refractivity contribution is 4.98. The summed E-state index contributed by atoms with van der Waals surface area (Å²) >= 11 is 0. The molecule has 3 aliphatic carbocycles. The molecule has 0 heteroatoms. The Labute approximate surface area is 158 Å². The molecule has 0 aromatic heterocycles. The van der Waals surface area contributed by atoms with E-state index in [1.54, 1.807) is 38.5 Å². The van der Waals surface area contributed by atoms with Gasteiger partial charge in [-0.1, -0.05) is 79.1 Å². The number of unbranched alkanes of at least 4 members (excludes halogenated alkanes) is 5. The first-order chi connectivity index (χ1) is 12.0. The van der Waals surface area contributed by atoms with Crippen LogP contribution in [-0.2, 0) is 0 Å². The summed E-state index contributed by atoms with van der Waals surface area (Å²) in [6, 6.07) is 0. The third-order valence-electron chi connectivity index (χ3n) is 7.69. The lowest BCUT2D eigenvalue weighted by Gasteiger charge is -2.17. The van der Waals surface area contributed by atoms with E-state index >= 15 is 0 Å². The molecular formula is C25H46. The van der Waals surface area contributed by atoms with Crippen LogP contribution in [0.2, 0.25) is 0 Å². The van der Waals surface area contributed by atoms with Crippen molar-refractivity contribution in [2.45, 2.75) is 118 Å². The first-order valence-corrected chi connectivity index (χ1v) is 12.0. The monoisotopic (exact) mass is 346 g/mol. The lowest BCUT2D eigenvalue weighted by atomic mass is 9.89. The van der Waals surface area contributed by atoms with Crippen LogP contribution in [-0.4, -0.2) is 0 Å². The Hall–Kier alpha value is 0. The molecule has 25 heavy (non-hydrogen) atoms. The SMILES string of the molecule is CCC1CC1CC1CC1CC1CC1CCCCCCCCC(C)(C)C. The Kier molecular flexibility index (Phi) is 6.95. The molecule has 0 amide bonds. The summed E-state index contributed by atoms with van der Waals surface area (Å²) in [6.45, 7) is 9.50. The standard InChI is InChI=1S/C25H46/c1-5-19-14-21(19)16-23-18-24(23)17-22-15-20(22)12-10-8-6-7-9-11-13-25(2,3)4/h19-24H,5-18H2,1-4H3. The second-order valence-electron chi connectivity index (χ2n) is 11.4. The largest absolute Gasteiger partial charge is 0.0651 e. The van der Waals surface area contributed by atoms with Crippen LogP contribution in [0.4, 0.5) is 0 Å². The molecule has 0 radical (unpaired) electrons. The molecule has 146 valence electrons. The molecule has 0 aliphatic heterocycles. The molecule has 0 N–H and O–H groups in total. The van der Waals surface area contributed by atoms with Crippen molar-refractivity contribution in [3.63, 3.8) is 0 Å². The molecule has 3 fully saturated rings. The van der Waals surface area contributed by atoms with E-state index in [0.29, 0.717) is 5.41 Å². The van der Waals surface area contributed by atoms with E-state index in [2.05, 4.69) is 27.7 Å². The second-order valence-corrected chi connectivity index (χ2v) is 11.4.